The van der Waals surface area contributed by atoms with E-state index in [1.165, 1.54) is 29.0 Å². The molecule has 2 fully saturated rings. The van der Waals surface area contributed by atoms with Crippen molar-refractivity contribution in [2.75, 3.05) is 57.0 Å². The lowest BCUT2D eigenvalue weighted by atomic mass is 9.99. The summed E-state index contributed by atoms with van der Waals surface area (Å²) in [6.45, 7) is 2.66. The van der Waals surface area contributed by atoms with E-state index < -0.39 is 48.3 Å². The SMILES string of the molecule is C=C(F)C(=O)N1CCN(c2c(C#N)c(OCC3CC(F)(F)CN3C)nc3c(F)c(-c4ccc(F)c5sc(N)nc45)c(Cl)cc23)CC1. The molecule has 0 bridgehead atoms. The molecule has 240 valence electrons. The number of carbonyl (C=O) groups is 1. The smallest absolute Gasteiger partial charge is 0.282 e. The number of ether oxygens (including phenoxy) is 1. The molecule has 16 heteroatoms. The molecule has 1 amide bonds. The zero-order valence-corrected chi connectivity index (χ0v) is 25.8. The van der Waals surface area contributed by atoms with Crippen LogP contribution in [0.2, 0.25) is 5.02 Å². The van der Waals surface area contributed by atoms with Gasteiger partial charge >= 0.3 is 0 Å². The summed E-state index contributed by atoms with van der Waals surface area (Å²) in [6.07, 6.45) is -0.479. The highest BCUT2D eigenvalue weighted by Crippen LogP contribution is 2.45. The number of alkyl halides is 2. The molecule has 0 aliphatic carbocycles. The fraction of sp³-hybridized carbons (Fsp3) is 0.333. The molecule has 2 aromatic carbocycles. The van der Waals surface area contributed by atoms with Crippen LogP contribution in [-0.2, 0) is 4.79 Å². The third kappa shape index (κ3) is 5.54. The maximum Gasteiger partial charge on any atom is 0.282 e. The summed E-state index contributed by atoms with van der Waals surface area (Å²) in [7, 11) is 1.52. The fourth-order valence-electron chi connectivity index (χ4n) is 5.99. The Morgan fingerprint density at radius 3 is 2.59 bits per heavy atom. The Hall–Kier alpha value is -4.26. The standard InChI is InChI=1S/C30H25ClF5N7O2S/c1-14(32)28(44)43-7-5-42(6-8-43)25-17-9-19(31)21(16-3-4-20(33)26-24(16)40-29(38)46-26)22(34)23(17)39-27(18(25)11-37)45-12-15-10-30(35,36)13-41(15)2/h3-4,9,15H,1,5-8,10,12-13H2,2H3,(H2,38,40). The molecule has 2 aliphatic rings. The van der Waals surface area contributed by atoms with E-state index in [0.29, 0.717) is 0 Å². The van der Waals surface area contributed by atoms with Gasteiger partial charge < -0.3 is 20.3 Å². The second-order valence-corrected chi connectivity index (χ2v) is 12.6. The first-order valence-corrected chi connectivity index (χ1v) is 15.2. The number of thiazole rings is 1. The van der Waals surface area contributed by atoms with E-state index in [0.717, 1.165) is 17.4 Å². The first-order chi connectivity index (χ1) is 21.8. The Bertz CT molecular complexity index is 1960. The molecule has 6 rings (SSSR count). The fourth-order valence-corrected chi connectivity index (χ4v) is 7.05. The zero-order chi connectivity index (χ0) is 33.1. The molecule has 2 N–H and O–H groups in total. The van der Waals surface area contributed by atoms with Gasteiger partial charge in [0.25, 0.3) is 11.8 Å². The minimum Gasteiger partial charge on any atom is -0.475 e. The van der Waals surface area contributed by atoms with Crippen molar-refractivity contribution in [3.05, 3.63) is 52.8 Å². The number of piperazine rings is 1. The number of carbonyl (C=O) groups excluding carboxylic acids is 1. The van der Waals surface area contributed by atoms with Crippen LogP contribution in [0.4, 0.5) is 32.8 Å². The number of amides is 1. The van der Waals surface area contributed by atoms with Crippen molar-refractivity contribution in [3.8, 4) is 23.1 Å². The first kappa shape index (κ1) is 31.7. The number of fused-ring (bicyclic) bond motifs is 2. The number of rotatable bonds is 6. The number of nitriles is 1. The molecule has 9 nitrogen and oxygen atoms in total. The van der Waals surface area contributed by atoms with Gasteiger partial charge in [0.2, 0.25) is 5.88 Å². The normalized spacial score (nSPS) is 18.3. The van der Waals surface area contributed by atoms with Gasteiger partial charge in [-0.05, 0) is 25.2 Å². The number of likely N-dealkylation sites (N-methyl/N-ethyl adjacent to an activating group) is 1. The summed E-state index contributed by atoms with van der Waals surface area (Å²) in [5, 5.41) is 10.4. The molecule has 0 radical (unpaired) electrons. The van der Waals surface area contributed by atoms with E-state index in [1.54, 1.807) is 4.90 Å². The van der Waals surface area contributed by atoms with Crippen molar-refractivity contribution < 1.29 is 31.5 Å². The molecule has 4 aromatic rings. The number of nitrogen functional groups attached to an aromatic ring is 1. The van der Waals surface area contributed by atoms with Crippen molar-refractivity contribution in [1.29, 1.82) is 5.26 Å². The number of nitrogens with zero attached hydrogens (tertiary/aromatic N) is 6. The van der Waals surface area contributed by atoms with Crippen LogP contribution in [0.3, 0.4) is 0 Å². The maximum atomic E-state index is 16.7. The molecule has 0 spiro atoms. The number of hydrogen-bond donors (Lipinski definition) is 1. The van der Waals surface area contributed by atoms with E-state index in [1.807, 2.05) is 0 Å². The lowest BCUT2D eigenvalue weighted by Gasteiger charge is -2.37. The quantitative estimate of drug-likeness (QED) is 0.203. The Labute approximate surface area is 268 Å². The van der Waals surface area contributed by atoms with Crippen molar-refractivity contribution in [2.45, 2.75) is 18.4 Å². The Kier molecular flexibility index (Phi) is 8.16. The van der Waals surface area contributed by atoms with Gasteiger partial charge in [0, 0.05) is 55.2 Å². The summed E-state index contributed by atoms with van der Waals surface area (Å²) >= 11 is 7.58. The van der Waals surface area contributed by atoms with E-state index in [-0.39, 0.29) is 92.3 Å². The van der Waals surface area contributed by atoms with Gasteiger partial charge in [-0.1, -0.05) is 29.5 Å². The first-order valence-electron chi connectivity index (χ1n) is 14.0. The highest BCUT2D eigenvalue weighted by atomic mass is 35.5. The highest BCUT2D eigenvalue weighted by Gasteiger charge is 2.43. The van der Waals surface area contributed by atoms with E-state index in [4.69, 9.17) is 22.1 Å². The van der Waals surface area contributed by atoms with Crippen LogP contribution in [0.5, 0.6) is 5.88 Å². The Morgan fingerprint density at radius 2 is 1.96 bits per heavy atom. The monoisotopic (exact) mass is 677 g/mol. The van der Waals surface area contributed by atoms with Gasteiger partial charge in [0.1, 0.15) is 29.6 Å². The number of aromatic nitrogens is 2. The molecular formula is C30H25ClF5N7O2S. The van der Waals surface area contributed by atoms with Gasteiger partial charge in [0.15, 0.2) is 16.8 Å². The number of benzene rings is 2. The average Bonchev–Trinajstić information content (AvgIpc) is 3.53. The number of pyridine rings is 1. The van der Waals surface area contributed by atoms with E-state index in [9.17, 15) is 27.6 Å². The molecule has 4 heterocycles. The van der Waals surface area contributed by atoms with Crippen molar-refractivity contribution in [3.63, 3.8) is 0 Å². The summed E-state index contributed by atoms with van der Waals surface area (Å²) in [5.74, 6) is -6.73. The summed E-state index contributed by atoms with van der Waals surface area (Å²) in [5.41, 5.74) is 5.75. The Morgan fingerprint density at radius 1 is 1.24 bits per heavy atom. The van der Waals surface area contributed by atoms with Crippen LogP contribution >= 0.6 is 22.9 Å². The number of nitrogens with two attached hydrogens (primary N) is 1. The van der Waals surface area contributed by atoms with Crippen LogP contribution in [0, 0.1) is 23.0 Å². The molecular weight excluding hydrogens is 653 g/mol. The topological polar surface area (TPSA) is 112 Å². The minimum absolute atomic E-state index is 0.0572. The summed E-state index contributed by atoms with van der Waals surface area (Å²) in [6, 6.07) is 5.22. The van der Waals surface area contributed by atoms with Gasteiger partial charge in [-0.15, -0.1) is 0 Å². The van der Waals surface area contributed by atoms with Crippen LogP contribution in [0.25, 0.3) is 32.2 Å². The minimum atomic E-state index is -2.93. The second-order valence-electron chi connectivity index (χ2n) is 11.1. The van der Waals surface area contributed by atoms with Crippen LogP contribution in [-0.4, -0.2) is 84.0 Å². The molecule has 2 aromatic heterocycles. The number of likely N-dealkylation sites (tertiary alicyclic amines) is 1. The van der Waals surface area contributed by atoms with E-state index >= 15 is 4.39 Å². The van der Waals surface area contributed by atoms with Gasteiger partial charge in [-0.3, -0.25) is 9.69 Å². The molecule has 1 unspecified atom stereocenters. The average molecular weight is 678 g/mol. The third-order valence-electron chi connectivity index (χ3n) is 8.17. The largest absolute Gasteiger partial charge is 0.475 e. The van der Waals surface area contributed by atoms with Crippen molar-refractivity contribution >= 4 is 60.8 Å². The second kappa shape index (κ2) is 11.8. The van der Waals surface area contributed by atoms with Crippen LogP contribution in [0.15, 0.2) is 30.6 Å². The van der Waals surface area contributed by atoms with Gasteiger partial charge in [-0.25, -0.2) is 31.9 Å². The van der Waals surface area contributed by atoms with Crippen molar-refractivity contribution in [2.24, 2.45) is 0 Å². The molecule has 1 atom stereocenters. The highest BCUT2D eigenvalue weighted by molar-refractivity contribution is 7.22. The van der Waals surface area contributed by atoms with Gasteiger partial charge in [0.05, 0.1) is 27.5 Å². The summed E-state index contributed by atoms with van der Waals surface area (Å²) < 4.78 is 79.0. The number of halogens is 6. The number of hydrogen-bond acceptors (Lipinski definition) is 9. The molecule has 2 aliphatic heterocycles. The molecule has 0 saturated carbocycles. The Balaban J connectivity index is 1.51. The predicted octanol–water partition coefficient (Wildman–Crippen LogP) is 5.75. The lowest BCUT2D eigenvalue weighted by Crippen LogP contribution is -2.49. The third-order valence-corrected chi connectivity index (χ3v) is 9.36. The molecule has 46 heavy (non-hydrogen) atoms. The molecule has 2 saturated heterocycles. The number of anilines is 2. The van der Waals surface area contributed by atoms with Crippen molar-refractivity contribution in [1.82, 2.24) is 19.8 Å². The van der Waals surface area contributed by atoms with Crippen LogP contribution < -0.4 is 15.4 Å². The summed E-state index contributed by atoms with van der Waals surface area (Å²) in [4.78, 5) is 25.1. The predicted molar refractivity (Wildman–Crippen MR) is 165 cm³/mol. The lowest BCUT2D eigenvalue weighted by molar-refractivity contribution is -0.128. The van der Waals surface area contributed by atoms with Gasteiger partial charge in [-0.2, -0.15) is 5.26 Å². The van der Waals surface area contributed by atoms with E-state index in [2.05, 4.69) is 22.6 Å². The zero-order valence-electron chi connectivity index (χ0n) is 24.2. The van der Waals surface area contributed by atoms with Crippen LogP contribution in [0.1, 0.15) is 12.0 Å². The maximum absolute atomic E-state index is 16.7.